The fourth-order valence-corrected chi connectivity index (χ4v) is 2.21. The van der Waals surface area contributed by atoms with Gasteiger partial charge in [-0.2, -0.15) is 0 Å². The normalized spacial score (nSPS) is 14.1. The second kappa shape index (κ2) is 5.46. The van der Waals surface area contributed by atoms with Gasteiger partial charge in [0.05, 0.1) is 5.60 Å². The van der Waals surface area contributed by atoms with Crippen molar-refractivity contribution in [3.05, 3.63) is 70.0 Å². The lowest BCUT2D eigenvalue weighted by Gasteiger charge is -2.24. The molecule has 2 aromatic rings. The van der Waals surface area contributed by atoms with Crippen molar-refractivity contribution in [2.24, 2.45) is 0 Å². The zero-order valence-electron chi connectivity index (χ0n) is 10.6. The third kappa shape index (κ3) is 3.32. The molecule has 0 heterocycles. The molecule has 0 fully saturated rings. The molecule has 2 rings (SSSR count). The number of hydrogen-bond acceptors (Lipinski definition) is 1. The molecule has 0 radical (unpaired) electrons. The molecule has 0 spiro atoms. The van der Waals surface area contributed by atoms with Gasteiger partial charge >= 0.3 is 0 Å². The summed E-state index contributed by atoms with van der Waals surface area (Å²) in [6.45, 7) is 1.36. The van der Waals surface area contributed by atoms with Crippen molar-refractivity contribution in [2.45, 2.75) is 18.9 Å². The summed E-state index contributed by atoms with van der Waals surface area (Å²) >= 11 is 5.77. The molecule has 2 aromatic carbocycles. The topological polar surface area (TPSA) is 20.2 Å². The van der Waals surface area contributed by atoms with Crippen LogP contribution in [0.1, 0.15) is 18.1 Å². The molecular weight excluding hydrogens is 289 g/mol. The van der Waals surface area contributed by atoms with E-state index in [1.54, 1.807) is 0 Å². The minimum atomic E-state index is -1.62. The molecule has 0 aliphatic rings. The molecule has 0 aliphatic heterocycles. The maximum Gasteiger partial charge on any atom is 0.126 e. The van der Waals surface area contributed by atoms with E-state index in [-0.39, 0.29) is 17.5 Å². The van der Waals surface area contributed by atoms with Gasteiger partial charge in [-0.25, -0.2) is 13.2 Å². The third-order valence-electron chi connectivity index (χ3n) is 3.03. The number of benzene rings is 2. The van der Waals surface area contributed by atoms with Crippen LogP contribution in [0.2, 0.25) is 5.02 Å². The van der Waals surface area contributed by atoms with Gasteiger partial charge in [-0.3, -0.25) is 0 Å². The molecule has 106 valence electrons. The largest absolute Gasteiger partial charge is 0.385 e. The third-order valence-corrected chi connectivity index (χ3v) is 3.26. The van der Waals surface area contributed by atoms with Gasteiger partial charge in [0.1, 0.15) is 17.5 Å². The highest BCUT2D eigenvalue weighted by molar-refractivity contribution is 6.30. The lowest BCUT2D eigenvalue weighted by molar-refractivity contribution is 0.0560. The highest BCUT2D eigenvalue weighted by Crippen LogP contribution is 2.28. The van der Waals surface area contributed by atoms with Gasteiger partial charge in [-0.05, 0) is 48.4 Å². The Labute approximate surface area is 119 Å². The van der Waals surface area contributed by atoms with Crippen molar-refractivity contribution >= 4 is 11.6 Å². The highest BCUT2D eigenvalue weighted by atomic mass is 35.5. The second-order valence-corrected chi connectivity index (χ2v) is 5.28. The molecule has 1 nitrogen and oxygen atoms in total. The van der Waals surface area contributed by atoms with Crippen LogP contribution in [-0.2, 0) is 12.0 Å². The van der Waals surface area contributed by atoms with E-state index in [9.17, 15) is 18.3 Å². The van der Waals surface area contributed by atoms with Crippen molar-refractivity contribution in [1.29, 1.82) is 0 Å². The van der Waals surface area contributed by atoms with Crippen molar-refractivity contribution in [2.75, 3.05) is 0 Å². The van der Waals surface area contributed by atoms with Crippen LogP contribution < -0.4 is 0 Å². The molecule has 0 amide bonds. The molecule has 1 unspecified atom stereocenters. The van der Waals surface area contributed by atoms with Crippen LogP contribution in [0.4, 0.5) is 13.2 Å². The molecule has 0 saturated carbocycles. The second-order valence-electron chi connectivity index (χ2n) is 4.84. The number of aliphatic hydroxyl groups is 1. The van der Waals surface area contributed by atoms with Gasteiger partial charge in [0.25, 0.3) is 0 Å². The van der Waals surface area contributed by atoms with Crippen LogP contribution in [0.5, 0.6) is 0 Å². The summed E-state index contributed by atoms with van der Waals surface area (Å²) in [6, 6.07) is 6.69. The Kier molecular flexibility index (Phi) is 4.06. The summed E-state index contributed by atoms with van der Waals surface area (Å²) < 4.78 is 40.0. The van der Waals surface area contributed by atoms with Gasteiger partial charge in [-0.15, -0.1) is 0 Å². The average molecular weight is 301 g/mol. The number of halogens is 4. The Morgan fingerprint density at radius 2 is 1.65 bits per heavy atom. The Bertz CT molecular complexity index is 621. The lowest BCUT2D eigenvalue weighted by Crippen LogP contribution is -2.25. The number of rotatable bonds is 3. The van der Waals surface area contributed by atoms with Gasteiger partial charge < -0.3 is 5.11 Å². The summed E-state index contributed by atoms with van der Waals surface area (Å²) in [6.07, 6.45) is -0.151. The van der Waals surface area contributed by atoms with Crippen molar-refractivity contribution in [3.63, 3.8) is 0 Å². The quantitative estimate of drug-likeness (QED) is 0.900. The SMILES string of the molecule is CC(O)(Cc1cc(Cl)ccc1F)c1cc(F)cc(F)c1. The van der Waals surface area contributed by atoms with E-state index in [1.165, 1.54) is 25.1 Å². The smallest absolute Gasteiger partial charge is 0.126 e. The maximum absolute atomic E-state index is 13.7. The summed E-state index contributed by atoms with van der Waals surface area (Å²) in [4.78, 5) is 0. The fraction of sp³-hybridized carbons (Fsp3) is 0.200. The first-order valence-corrected chi connectivity index (χ1v) is 6.28. The molecule has 1 N–H and O–H groups in total. The summed E-state index contributed by atoms with van der Waals surface area (Å²) in [5, 5.41) is 10.7. The minimum absolute atomic E-state index is 0.0365. The highest BCUT2D eigenvalue weighted by Gasteiger charge is 2.26. The van der Waals surface area contributed by atoms with E-state index >= 15 is 0 Å². The van der Waals surface area contributed by atoms with Crippen LogP contribution in [-0.4, -0.2) is 5.11 Å². The van der Waals surface area contributed by atoms with E-state index in [2.05, 4.69) is 0 Å². The molecule has 0 bridgehead atoms. The van der Waals surface area contributed by atoms with Gasteiger partial charge in [-0.1, -0.05) is 11.6 Å². The number of hydrogen-bond donors (Lipinski definition) is 1. The molecule has 20 heavy (non-hydrogen) atoms. The average Bonchev–Trinajstić information content (AvgIpc) is 2.32. The maximum atomic E-state index is 13.7. The minimum Gasteiger partial charge on any atom is -0.385 e. The van der Waals surface area contributed by atoms with Crippen LogP contribution >= 0.6 is 11.6 Å². The monoisotopic (exact) mass is 300 g/mol. The van der Waals surface area contributed by atoms with E-state index in [0.29, 0.717) is 11.1 Å². The zero-order chi connectivity index (χ0) is 14.9. The van der Waals surface area contributed by atoms with E-state index < -0.39 is 23.1 Å². The van der Waals surface area contributed by atoms with E-state index in [0.717, 1.165) is 12.1 Å². The van der Waals surface area contributed by atoms with Crippen molar-refractivity contribution in [3.8, 4) is 0 Å². The molecule has 1 atom stereocenters. The molecule has 0 aromatic heterocycles. The fourth-order valence-electron chi connectivity index (χ4n) is 2.02. The summed E-state index contributed by atoms with van der Waals surface area (Å²) in [7, 11) is 0. The molecule has 5 heteroatoms. The Hall–Kier alpha value is -1.52. The first-order valence-electron chi connectivity index (χ1n) is 5.91. The van der Waals surface area contributed by atoms with Crippen molar-refractivity contribution < 1.29 is 18.3 Å². The van der Waals surface area contributed by atoms with Crippen LogP contribution in [0.15, 0.2) is 36.4 Å². The standard InChI is InChI=1S/C15H12ClF3O/c1-15(20,10-5-12(17)7-13(18)6-10)8-9-4-11(16)2-3-14(9)19/h2-7,20H,8H2,1H3. The van der Waals surface area contributed by atoms with E-state index in [1.807, 2.05) is 0 Å². The van der Waals surface area contributed by atoms with Crippen molar-refractivity contribution in [1.82, 2.24) is 0 Å². The Morgan fingerprint density at radius 1 is 1.05 bits per heavy atom. The van der Waals surface area contributed by atoms with Crippen LogP contribution in [0, 0.1) is 17.5 Å². The summed E-state index contributed by atoms with van der Waals surface area (Å²) in [5.41, 5.74) is -1.41. The first kappa shape index (κ1) is 14.9. The predicted octanol–water partition coefficient (Wildman–Crippen LogP) is 4.21. The molecular formula is C15H12ClF3O. The lowest BCUT2D eigenvalue weighted by atomic mass is 9.89. The predicted molar refractivity (Wildman–Crippen MR) is 71.0 cm³/mol. The molecule has 0 saturated heterocycles. The van der Waals surface area contributed by atoms with Crippen LogP contribution in [0.25, 0.3) is 0 Å². The Morgan fingerprint density at radius 3 is 2.25 bits per heavy atom. The Balaban J connectivity index is 2.37. The van der Waals surface area contributed by atoms with Gasteiger partial charge in [0.2, 0.25) is 0 Å². The van der Waals surface area contributed by atoms with Gasteiger partial charge in [0.15, 0.2) is 0 Å². The van der Waals surface area contributed by atoms with Crippen LogP contribution in [0.3, 0.4) is 0 Å². The first-order chi connectivity index (χ1) is 9.28. The summed E-state index contributed by atoms with van der Waals surface area (Å²) in [5.74, 6) is -2.13. The van der Waals surface area contributed by atoms with Gasteiger partial charge in [0, 0.05) is 17.5 Å². The van der Waals surface area contributed by atoms with E-state index in [4.69, 9.17) is 11.6 Å². The molecule has 0 aliphatic carbocycles. The zero-order valence-corrected chi connectivity index (χ0v) is 11.4.